The van der Waals surface area contributed by atoms with Crippen molar-refractivity contribution >= 4 is 17.6 Å². The van der Waals surface area contributed by atoms with Crippen molar-refractivity contribution in [1.82, 2.24) is 0 Å². The Kier molecular flexibility index (Phi) is 4.28. The van der Waals surface area contributed by atoms with Gasteiger partial charge in [-0.1, -0.05) is 6.08 Å². The molecule has 0 unspecified atom stereocenters. The summed E-state index contributed by atoms with van der Waals surface area (Å²) in [5, 5.41) is 0.339. The van der Waals surface area contributed by atoms with Crippen molar-refractivity contribution in [3.05, 3.63) is 12.2 Å². The molecule has 0 bridgehead atoms. The Bertz CT molecular complexity index is 263. The van der Waals surface area contributed by atoms with Crippen molar-refractivity contribution in [2.75, 3.05) is 6.61 Å². The molecule has 2 fully saturated rings. The van der Waals surface area contributed by atoms with Crippen molar-refractivity contribution < 1.29 is 9.53 Å². The second kappa shape index (κ2) is 5.72. The number of carbonyl (C=O) groups is 1. The summed E-state index contributed by atoms with van der Waals surface area (Å²) in [5.74, 6) is 0.979. The highest BCUT2D eigenvalue weighted by Gasteiger charge is 2.22. The molecule has 3 heteroatoms. The quantitative estimate of drug-likeness (QED) is 0.430. The molecule has 90 valence electrons. The van der Waals surface area contributed by atoms with Crippen LogP contribution in [-0.4, -0.2) is 18.0 Å². The molecule has 0 aromatic rings. The van der Waals surface area contributed by atoms with Gasteiger partial charge in [-0.15, -0.1) is 11.6 Å². The average molecular weight is 243 g/mol. The smallest absolute Gasteiger partial charge is 0.330 e. The number of allylic oxidation sites excluding steroid dienone is 1. The summed E-state index contributed by atoms with van der Waals surface area (Å²) >= 11 is 6.02. The van der Waals surface area contributed by atoms with E-state index in [-0.39, 0.29) is 5.97 Å². The van der Waals surface area contributed by atoms with Gasteiger partial charge in [-0.25, -0.2) is 4.79 Å². The maximum Gasteiger partial charge on any atom is 0.330 e. The Labute approximate surface area is 102 Å². The number of halogens is 1. The molecule has 2 rings (SSSR count). The molecule has 0 saturated heterocycles. The molecule has 2 saturated carbocycles. The third-order valence-corrected chi connectivity index (χ3v) is 3.80. The molecule has 16 heavy (non-hydrogen) atoms. The highest BCUT2D eigenvalue weighted by molar-refractivity contribution is 6.20. The van der Waals surface area contributed by atoms with Gasteiger partial charge < -0.3 is 4.74 Å². The Morgan fingerprint density at radius 1 is 1.19 bits per heavy atom. The molecule has 0 radical (unpaired) electrons. The molecule has 0 atom stereocenters. The summed E-state index contributed by atoms with van der Waals surface area (Å²) < 4.78 is 5.13. The molecule has 0 spiro atoms. The third kappa shape index (κ3) is 4.17. The largest absolute Gasteiger partial charge is 0.462 e. The number of esters is 1. The molecular formula is C13H19ClO2. The van der Waals surface area contributed by atoms with Crippen LogP contribution in [0.4, 0.5) is 0 Å². The van der Waals surface area contributed by atoms with Crippen LogP contribution in [0.25, 0.3) is 0 Å². The number of carbonyl (C=O) groups excluding carboxylic acids is 1. The number of alkyl halides is 1. The fourth-order valence-electron chi connectivity index (χ4n) is 2.02. The van der Waals surface area contributed by atoms with E-state index in [4.69, 9.17) is 16.3 Å². The average Bonchev–Trinajstić information content (AvgIpc) is 3.09. The molecule has 2 aliphatic carbocycles. The lowest BCUT2D eigenvalue weighted by molar-refractivity contribution is -0.138. The lowest BCUT2D eigenvalue weighted by Gasteiger charge is -2.21. The zero-order valence-electron chi connectivity index (χ0n) is 9.53. The Balaban J connectivity index is 1.64. The molecule has 0 heterocycles. The van der Waals surface area contributed by atoms with Crippen LogP contribution in [0.1, 0.15) is 38.5 Å². The summed E-state index contributed by atoms with van der Waals surface area (Å²) in [6, 6.07) is 0. The van der Waals surface area contributed by atoms with E-state index in [2.05, 4.69) is 0 Å². The van der Waals surface area contributed by atoms with Gasteiger partial charge in [0.15, 0.2) is 0 Å². The van der Waals surface area contributed by atoms with Gasteiger partial charge in [0.2, 0.25) is 0 Å². The number of rotatable bonds is 4. The Hall–Kier alpha value is -0.500. The van der Waals surface area contributed by atoms with E-state index < -0.39 is 0 Å². The van der Waals surface area contributed by atoms with Crippen molar-refractivity contribution in [3.63, 3.8) is 0 Å². The highest BCUT2D eigenvalue weighted by Crippen LogP contribution is 2.29. The number of ether oxygens (including phenoxy) is 1. The van der Waals surface area contributed by atoms with Crippen molar-refractivity contribution in [1.29, 1.82) is 0 Å². The molecule has 2 aliphatic rings. The van der Waals surface area contributed by atoms with Crippen LogP contribution in [0, 0.1) is 11.8 Å². The third-order valence-electron chi connectivity index (χ3n) is 3.36. The molecule has 2 nitrogen and oxygen atoms in total. The van der Waals surface area contributed by atoms with Gasteiger partial charge in [0, 0.05) is 11.5 Å². The maximum atomic E-state index is 11.3. The monoisotopic (exact) mass is 242 g/mol. The lowest BCUT2D eigenvalue weighted by atomic mass is 9.89. The first-order valence-electron chi connectivity index (χ1n) is 6.23. The first-order chi connectivity index (χ1) is 7.74. The second-order valence-electron chi connectivity index (χ2n) is 4.94. The van der Waals surface area contributed by atoms with Crippen LogP contribution in [0.5, 0.6) is 0 Å². The van der Waals surface area contributed by atoms with Crippen LogP contribution in [0.3, 0.4) is 0 Å². The molecule has 0 amide bonds. The molecule has 0 aromatic heterocycles. The topological polar surface area (TPSA) is 26.3 Å². The van der Waals surface area contributed by atoms with E-state index in [0.717, 1.165) is 25.7 Å². The predicted octanol–water partition coefficient (Wildman–Crippen LogP) is 3.29. The molecule has 0 N–H and O–H groups in total. The van der Waals surface area contributed by atoms with Gasteiger partial charge in [0.05, 0.1) is 6.61 Å². The summed E-state index contributed by atoms with van der Waals surface area (Å²) in [4.78, 5) is 11.3. The highest BCUT2D eigenvalue weighted by atomic mass is 35.5. The Morgan fingerprint density at radius 3 is 2.50 bits per heavy atom. The second-order valence-corrected chi connectivity index (χ2v) is 5.56. The van der Waals surface area contributed by atoms with Crippen LogP contribution in [0.2, 0.25) is 0 Å². The minimum atomic E-state index is -0.181. The van der Waals surface area contributed by atoms with E-state index in [1.165, 1.54) is 12.8 Å². The summed E-state index contributed by atoms with van der Waals surface area (Å²) in [7, 11) is 0. The zero-order valence-corrected chi connectivity index (χ0v) is 10.3. The van der Waals surface area contributed by atoms with E-state index in [0.29, 0.717) is 23.8 Å². The van der Waals surface area contributed by atoms with Crippen LogP contribution >= 0.6 is 11.6 Å². The van der Waals surface area contributed by atoms with Crippen LogP contribution in [-0.2, 0) is 9.53 Å². The summed E-state index contributed by atoms with van der Waals surface area (Å²) in [6.45, 7) is 0.609. The van der Waals surface area contributed by atoms with Gasteiger partial charge in [0.1, 0.15) is 0 Å². The zero-order chi connectivity index (χ0) is 11.4. The molecule has 0 aliphatic heterocycles. The molecular weight excluding hydrogens is 224 g/mol. The summed E-state index contributed by atoms with van der Waals surface area (Å²) in [5.41, 5.74) is 0. The van der Waals surface area contributed by atoms with Gasteiger partial charge in [-0.2, -0.15) is 0 Å². The van der Waals surface area contributed by atoms with Crippen molar-refractivity contribution in [3.8, 4) is 0 Å². The van der Waals surface area contributed by atoms with Crippen LogP contribution < -0.4 is 0 Å². The number of hydrogen-bond donors (Lipinski definition) is 0. The van der Waals surface area contributed by atoms with Crippen molar-refractivity contribution in [2.24, 2.45) is 11.8 Å². The predicted molar refractivity (Wildman–Crippen MR) is 64.4 cm³/mol. The van der Waals surface area contributed by atoms with Gasteiger partial charge in [-0.3, -0.25) is 0 Å². The minimum Gasteiger partial charge on any atom is -0.462 e. The van der Waals surface area contributed by atoms with E-state index in [1.807, 2.05) is 6.08 Å². The van der Waals surface area contributed by atoms with Gasteiger partial charge in [-0.05, 0) is 50.4 Å². The Morgan fingerprint density at radius 2 is 1.88 bits per heavy atom. The van der Waals surface area contributed by atoms with Crippen molar-refractivity contribution in [2.45, 2.75) is 43.9 Å². The standard InChI is InChI=1S/C13H19ClO2/c14-12-6-3-10(4-7-12)5-8-13(15)16-9-11-1-2-11/h5,8,10-12H,1-4,6-7,9H2. The SMILES string of the molecule is O=C(C=CC1CCC(Cl)CC1)OCC1CC1. The van der Waals surface area contributed by atoms with Gasteiger partial charge in [0.25, 0.3) is 0 Å². The maximum absolute atomic E-state index is 11.3. The minimum absolute atomic E-state index is 0.181. The van der Waals surface area contributed by atoms with E-state index in [9.17, 15) is 4.79 Å². The molecule has 0 aromatic carbocycles. The normalized spacial score (nSPS) is 30.6. The van der Waals surface area contributed by atoms with Gasteiger partial charge >= 0.3 is 5.97 Å². The summed E-state index contributed by atoms with van der Waals surface area (Å²) in [6.07, 6.45) is 10.4. The van der Waals surface area contributed by atoms with E-state index in [1.54, 1.807) is 6.08 Å². The van der Waals surface area contributed by atoms with E-state index >= 15 is 0 Å². The fourth-order valence-corrected chi connectivity index (χ4v) is 2.27. The number of hydrogen-bond acceptors (Lipinski definition) is 2. The lowest BCUT2D eigenvalue weighted by Crippen LogP contribution is -2.13. The van der Waals surface area contributed by atoms with Crippen LogP contribution in [0.15, 0.2) is 12.2 Å². The fraction of sp³-hybridized carbons (Fsp3) is 0.769. The first-order valence-corrected chi connectivity index (χ1v) is 6.66. The first kappa shape index (κ1) is 12.0.